The van der Waals surface area contributed by atoms with Gasteiger partial charge < -0.3 is 10.3 Å². The van der Waals surface area contributed by atoms with Crippen molar-refractivity contribution < 1.29 is 4.52 Å². The van der Waals surface area contributed by atoms with E-state index in [4.69, 9.17) is 10.3 Å². The van der Waals surface area contributed by atoms with Crippen LogP contribution < -0.4 is 5.73 Å². The summed E-state index contributed by atoms with van der Waals surface area (Å²) in [6, 6.07) is 7.76. The number of pyridine rings is 1. The minimum atomic E-state index is 0.410. The third-order valence-electron chi connectivity index (χ3n) is 3.29. The van der Waals surface area contributed by atoms with E-state index in [0.717, 1.165) is 27.9 Å². The summed E-state index contributed by atoms with van der Waals surface area (Å²) in [4.78, 5) is 8.80. The average molecular weight is 280 g/mol. The number of nitrogens with zero attached hydrogens (tertiary/aromatic N) is 3. The first-order chi connectivity index (χ1) is 10.0. The van der Waals surface area contributed by atoms with E-state index >= 15 is 0 Å². The summed E-state index contributed by atoms with van der Waals surface area (Å²) in [5.41, 5.74) is 11.3. The molecule has 3 aromatic rings. The van der Waals surface area contributed by atoms with Gasteiger partial charge in [0.25, 0.3) is 5.89 Å². The molecule has 0 bridgehead atoms. The molecule has 0 saturated heterocycles. The smallest absolute Gasteiger partial charge is 0.260 e. The van der Waals surface area contributed by atoms with Crippen LogP contribution in [0.1, 0.15) is 16.7 Å². The van der Waals surface area contributed by atoms with Gasteiger partial charge >= 0.3 is 0 Å². The summed E-state index contributed by atoms with van der Waals surface area (Å²) in [6.07, 6.45) is 1.79. The lowest BCUT2D eigenvalue weighted by atomic mass is 10.1. The number of nitrogen functional groups attached to an aromatic ring is 1. The van der Waals surface area contributed by atoms with Crippen LogP contribution in [0.5, 0.6) is 0 Å². The van der Waals surface area contributed by atoms with Gasteiger partial charge in [-0.15, -0.1) is 0 Å². The van der Waals surface area contributed by atoms with Gasteiger partial charge in [-0.2, -0.15) is 4.98 Å². The number of aromatic nitrogens is 3. The molecule has 0 atom stereocenters. The minimum Gasteiger partial charge on any atom is -0.398 e. The van der Waals surface area contributed by atoms with E-state index in [9.17, 15) is 0 Å². The molecule has 0 aliphatic heterocycles. The Morgan fingerprint density at radius 1 is 1.05 bits per heavy atom. The van der Waals surface area contributed by atoms with Crippen LogP contribution in [0.15, 0.2) is 35.0 Å². The first kappa shape index (κ1) is 13.3. The highest BCUT2D eigenvalue weighted by Crippen LogP contribution is 2.28. The molecule has 2 heterocycles. The zero-order valence-corrected chi connectivity index (χ0v) is 12.2. The maximum Gasteiger partial charge on any atom is 0.260 e. The molecule has 0 amide bonds. The summed E-state index contributed by atoms with van der Waals surface area (Å²) in [5.74, 6) is 0.886. The van der Waals surface area contributed by atoms with Crippen LogP contribution in [0.2, 0.25) is 0 Å². The van der Waals surface area contributed by atoms with Crippen LogP contribution in [0.3, 0.4) is 0 Å². The molecule has 0 unspecified atom stereocenters. The Balaban J connectivity index is 2.06. The number of hydrogen-bond donors (Lipinski definition) is 1. The number of nitrogens with two attached hydrogens (primary N) is 1. The second kappa shape index (κ2) is 5.01. The lowest BCUT2D eigenvalue weighted by molar-refractivity contribution is 0.432. The molecule has 21 heavy (non-hydrogen) atoms. The van der Waals surface area contributed by atoms with E-state index in [2.05, 4.69) is 15.1 Å². The normalized spacial score (nSPS) is 10.8. The Morgan fingerprint density at radius 3 is 2.62 bits per heavy atom. The molecule has 0 saturated carbocycles. The molecule has 5 nitrogen and oxygen atoms in total. The standard InChI is InChI=1S/C16H16N4O/c1-9-4-5-13(17)12(7-9)16-19-15(20-21-16)14-11(3)6-10(2)8-18-14/h4-8H,17H2,1-3H3. The van der Waals surface area contributed by atoms with Gasteiger partial charge in [-0.05, 0) is 44.0 Å². The zero-order chi connectivity index (χ0) is 15.0. The van der Waals surface area contributed by atoms with Crippen molar-refractivity contribution in [2.45, 2.75) is 20.8 Å². The van der Waals surface area contributed by atoms with E-state index < -0.39 is 0 Å². The van der Waals surface area contributed by atoms with Gasteiger partial charge in [0.1, 0.15) is 5.69 Å². The highest BCUT2D eigenvalue weighted by atomic mass is 16.5. The van der Waals surface area contributed by atoms with E-state index in [0.29, 0.717) is 17.4 Å². The summed E-state index contributed by atoms with van der Waals surface area (Å²) >= 11 is 0. The number of benzene rings is 1. The molecule has 3 rings (SSSR count). The summed E-state index contributed by atoms with van der Waals surface area (Å²) in [5, 5.41) is 4.02. The fourth-order valence-electron chi connectivity index (χ4n) is 2.23. The molecule has 2 N–H and O–H groups in total. The Kier molecular flexibility index (Phi) is 3.17. The average Bonchev–Trinajstić information content (AvgIpc) is 2.91. The van der Waals surface area contributed by atoms with Crippen molar-refractivity contribution in [3.05, 3.63) is 47.2 Å². The van der Waals surface area contributed by atoms with Crippen LogP contribution >= 0.6 is 0 Å². The quantitative estimate of drug-likeness (QED) is 0.729. The summed E-state index contributed by atoms with van der Waals surface area (Å²) < 4.78 is 5.35. The lowest BCUT2D eigenvalue weighted by Crippen LogP contribution is -1.93. The van der Waals surface area contributed by atoms with Crippen LogP contribution in [0, 0.1) is 20.8 Å². The molecular formula is C16H16N4O. The highest BCUT2D eigenvalue weighted by Gasteiger charge is 2.15. The molecular weight excluding hydrogens is 264 g/mol. The second-order valence-electron chi connectivity index (χ2n) is 5.19. The molecule has 2 aromatic heterocycles. The van der Waals surface area contributed by atoms with Gasteiger partial charge in [-0.1, -0.05) is 22.9 Å². The predicted molar refractivity (Wildman–Crippen MR) is 81.6 cm³/mol. The lowest BCUT2D eigenvalue weighted by Gasteiger charge is -2.02. The van der Waals surface area contributed by atoms with Crippen molar-refractivity contribution in [2.75, 3.05) is 5.73 Å². The van der Waals surface area contributed by atoms with Gasteiger partial charge in [0.15, 0.2) is 0 Å². The Labute approximate surface area is 122 Å². The van der Waals surface area contributed by atoms with Crippen molar-refractivity contribution in [3.8, 4) is 23.0 Å². The Hall–Kier alpha value is -2.69. The van der Waals surface area contributed by atoms with Gasteiger partial charge in [0.2, 0.25) is 5.82 Å². The molecule has 0 fully saturated rings. The van der Waals surface area contributed by atoms with Crippen molar-refractivity contribution >= 4 is 5.69 Å². The highest BCUT2D eigenvalue weighted by molar-refractivity contribution is 5.72. The van der Waals surface area contributed by atoms with Crippen LogP contribution in [0.4, 0.5) is 5.69 Å². The molecule has 106 valence electrons. The zero-order valence-electron chi connectivity index (χ0n) is 12.2. The number of anilines is 1. The van der Waals surface area contributed by atoms with Crippen LogP contribution in [-0.2, 0) is 0 Å². The van der Waals surface area contributed by atoms with E-state index in [1.165, 1.54) is 0 Å². The maximum atomic E-state index is 5.98. The Morgan fingerprint density at radius 2 is 1.86 bits per heavy atom. The second-order valence-corrected chi connectivity index (χ2v) is 5.19. The monoisotopic (exact) mass is 280 g/mol. The van der Waals surface area contributed by atoms with Crippen LogP contribution in [-0.4, -0.2) is 15.1 Å². The first-order valence-electron chi connectivity index (χ1n) is 6.68. The molecule has 5 heteroatoms. The Bertz CT molecular complexity index is 808. The largest absolute Gasteiger partial charge is 0.398 e. The molecule has 0 radical (unpaired) electrons. The van der Waals surface area contributed by atoms with Crippen molar-refractivity contribution in [1.29, 1.82) is 0 Å². The van der Waals surface area contributed by atoms with Crippen LogP contribution in [0.25, 0.3) is 23.0 Å². The topological polar surface area (TPSA) is 77.8 Å². The van der Waals surface area contributed by atoms with Crippen molar-refractivity contribution in [2.24, 2.45) is 0 Å². The SMILES string of the molecule is Cc1cnc(-c2noc(-c3cc(C)ccc3N)n2)c(C)c1. The maximum absolute atomic E-state index is 5.98. The summed E-state index contributed by atoms with van der Waals surface area (Å²) in [7, 11) is 0. The molecule has 0 aliphatic rings. The van der Waals surface area contributed by atoms with Crippen molar-refractivity contribution in [3.63, 3.8) is 0 Å². The number of rotatable bonds is 2. The predicted octanol–water partition coefficient (Wildman–Crippen LogP) is 3.31. The number of aryl methyl sites for hydroxylation is 3. The molecule has 1 aromatic carbocycles. The third kappa shape index (κ3) is 2.50. The van der Waals surface area contributed by atoms with Crippen molar-refractivity contribution in [1.82, 2.24) is 15.1 Å². The molecule has 0 spiro atoms. The van der Waals surface area contributed by atoms with E-state index in [1.54, 1.807) is 6.20 Å². The minimum absolute atomic E-state index is 0.410. The van der Waals surface area contributed by atoms with Gasteiger partial charge in [-0.3, -0.25) is 4.98 Å². The summed E-state index contributed by atoms with van der Waals surface area (Å²) in [6.45, 7) is 5.97. The van der Waals surface area contributed by atoms with Gasteiger partial charge in [0, 0.05) is 11.9 Å². The first-order valence-corrected chi connectivity index (χ1v) is 6.68. The fraction of sp³-hybridized carbons (Fsp3) is 0.188. The molecule has 0 aliphatic carbocycles. The number of hydrogen-bond acceptors (Lipinski definition) is 5. The van der Waals surface area contributed by atoms with E-state index in [-0.39, 0.29) is 0 Å². The third-order valence-corrected chi connectivity index (χ3v) is 3.29. The van der Waals surface area contributed by atoms with E-state index in [1.807, 2.05) is 45.0 Å². The van der Waals surface area contributed by atoms with Gasteiger partial charge in [-0.25, -0.2) is 0 Å². The fourth-order valence-corrected chi connectivity index (χ4v) is 2.23. The van der Waals surface area contributed by atoms with Gasteiger partial charge in [0.05, 0.1) is 5.56 Å².